The van der Waals surface area contributed by atoms with Gasteiger partial charge in [0.05, 0.1) is 62.3 Å². The lowest BCUT2D eigenvalue weighted by Crippen LogP contribution is -3.12. The monoisotopic (exact) mass is 419 g/mol. The first-order chi connectivity index (χ1) is 13.8. The topological polar surface area (TPSA) is 92.2 Å². The molecule has 0 atom stereocenters. The quantitative estimate of drug-likeness (QED) is 0.644. The van der Waals surface area contributed by atoms with Gasteiger partial charge in [-0.1, -0.05) is 12.1 Å². The van der Waals surface area contributed by atoms with Crippen LogP contribution in [0, 0.1) is 0 Å². The molecule has 9 heteroatoms. The van der Waals surface area contributed by atoms with E-state index in [0.29, 0.717) is 17.1 Å². The van der Waals surface area contributed by atoms with Gasteiger partial charge in [0, 0.05) is 6.92 Å². The molecule has 3 N–H and O–H groups in total. The minimum Gasteiger partial charge on any atom is -0.495 e. The zero-order chi connectivity index (χ0) is 21.0. The molecule has 0 aliphatic carbocycles. The summed E-state index contributed by atoms with van der Waals surface area (Å²) >= 11 is 0. The molecule has 0 bridgehead atoms. The Bertz CT molecular complexity index is 986. The van der Waals surface area contributed by atoms with Crippen LogP contribution in [0.25, 0.3) is 0 Å². The van der Waals surface area contributed by atoms with Crippen molar-refractivity contribution in [3.63, 3.8) is 0 Å². The number of sulfonamides is 1. The van der Waals surface area contributed by atoms with E-state index in [0.717, 1.165) is 31.9 Å². The van der Waals surface area contributed by atoms with Crippen LogP contribution in [0.4, 0.5) is 17.1 Å². The Balaban J connectivity index is 1.89. The van der Waals surface area contributed by atoms with Gasteiger partial charge in [-0.05, 0) is 30.3 Å². The molecule has 0 radical (unpaired) electrons. The lowest BCUT2D eigenvalue weighted by Gasteiger charge is -2.33. The summed E-state index contributed by atoms with van der Waals surface area (Å²) < 4.78 is 34.0. The number of benzene rings is 2. The second-order valence-corrected chi connectivity index (χ2v) is 8.79. The number of hydrogen-bond acceptors (Lipinski definition) is 5. The SMILES string of the molecule is COc1ccc(S(=O)(=O)Nc2ccccc2N2CC[NH+](C)CC2)cc1NC(C)=O. The van der Waals surface area contributed by atoms with E-state index in [-0.39, 0.29) is 10.8 Å². The number of likely N-dealkylation sites (N-methyl/N-ethyl adjacent to an activating group) is 1. The number of nitrogens with one attached hydrogen (secondary N) is 3. The number of carbonyl (C=O) groups is 1. The highest BCUT2D eigenvalue weighted by atomic mass is 32.2. The van der Waals surface area contributed by atoms with Crippen molar-refractivity contribution in [2.45, 2.75) is 11.8 Å². The Morgan fingerprint density at radius 3 is 2.45 bits per heavy atom. The predicted molar refractivity (Wildman–Crippen MR) is 113 cm³/mol. The molecule has 3 rings (SSSR count). The fraction of sp³-hybridized carbons (Fsp3) is 0.350. The minimum atomic E-state index is -3.86. The van der Waals surface area contributed by atoms with Crippen LogP contribution in [0.1, 0.15) is 6.92 Å². The molecule has 1 aliphatic heterocycles. The number of methoxy groups -OCH3 is 1. The fourth-order valence-electron chi connectivity index (χ4n) is 3.31. The molecule has 1 heterocycles. The van der Waals surface area contributed by atoms with Crippen LogP contribution >= 0.6 is 0 Å². The van der Waals surface area contributed by atoms with Gasteiger partial charge in [0.15, 0.2) is 0 Å². The van der Waals surface area contributed by atoms with Crippen molar-refractivity contribution in [2.24, 2.45) is 0 Å². The second-order valence-electron chi connectivity index (χ2n) is 7.11. The van der Waals surface area contributed by atoms with Crippen molar-refractivity contribution < 1.29 is 22.8 Å². The molecule has 2 aromatic rings. The van der Waals surface area contributed by atoms with Crippen LogP contribution in [-0.2, 0) is 14.8 Å². The highest BCUT2D eigenvalue weighted by molar-refractivity contribution is 7.92. The van der Waals surface area contributed by atoms with Crippen molar-refractivity contribution in [3.8, 4) is 5.75 Å². The second kappa shape index (κ2) is 8.71. The van der Waals surface area contributed by atoms with Gasteiger partial charge in [-0.15, -0.1) is 0 Å². The van der Waals surface area contributed by atoms with Crippen molar-refractivity contribution in [3.05, 3.63) is 42.5 Å². The molecule has 29 heavy (non-hydrogen) atoms. The first-order valence-corrected chi connectivity index (χ1v) is 10.9. The standard InChI is InChI=1S/C20H26N4O4S/c1-15(25)21-18-14-16(8-9-20(18)28-3)29(26,27)22-17-6-4-5-7-19(17)24-12-10-23(2)11-13-24/h4-9,14,22H,10-13H2,1-3H3,(H,21,25)/p+1. The van der Waals surface area contributed by atoms with Gasteiger partial charge in [0.1, 0.15) is 5.75 Å². The van der Waals surface area contributed by atoms with E-state index in [9.17, 15) is 13.2 Å². The molecule has 1 aliphatic rings. The smallest absolute Gasteiger partial charge is 0.262 e. The third-order valence-corrected chi connectivity index (χ3v) is 6.26. The van der Waals surface area contributed by atoms with Gasteiger partial charge in [-0.2, -0.15) is 0 Å². The zero-order valence-electron chi connectivity index (χ0n) is 16.9. The molecular weight excluding hydrogens is 392 g/mol. The number of para-hydroxylation sites is 2. The van der Waals surface area contributed by atoms with E-state index >= 15 is 0 Å². The Kier molecular flexibility index (Phi) is 6.29. The van der Waals surface area contributed by atoms with Crippen LogP contribution in [0.3, 0.4) is 0 Å². The van der Waals surface area contributed by atoms with Gasteiger partial charge < -0.3 is 19.9 Å². The van der Waals surface area contributed by atoms with Crippen molar-refractivity contribution in [1.29, 1.82) is 0 Å². The van der Waals surface area contributed by atoms with Gasteiger partial charge in [-0.25, -0.2) is 8.42 Å². The molecule has 0 aromatic heterocycles. The average molecular weight is 420 g/mol. The van der Waals surface area contributed by atoms with E-state index in [1.807, 2.05) is 12.1 Å². The molecule has 1 saturated heterocycles. The Morgan fingerprint density at radius 2 is 1.79 bits per heavy atom. The summed E-state index contributed by atoms with van der Waals surface area (Å²) in [5, 5.41) is 2.60. The summed E-state index contributed by atoms with van der Waals surface area (Å²) in [6.45, 7) is 5.08. The molecule has 8 nitrogen and oxygen atoms in total. The third kappa shape index (κ3) is 4.99. The average Bonchev–Trinajstić information content (AvgIpc) is 2.68. The van der Waals surface area contributed by atoms with Crippen molar-refractivity contribution >= 4 is 33.0 Å². The fourth-order valence-corrected chi connectivity index (χ4v) is 4.41. The maximum absolute atomic E-state index is 13.0. The van der Waals surface area contributed by atoms with E-state index in [2.05, 4.69) is 22.0 Å². The number of carbonyl (C=O) groups excluding carboxylic acids is 1. The summed E-state index contributed by atoms with van der Waals surface area (Å²) in [7, 11) is -0.243. The zero-order valence-corrected chi connectivity index (χ0v) is 17.7. The maximum Gasteiger partial charge on any atom is 0.262 e. The Morgan fingerprint density at radius 1 is 1.10 bits per heavy atom. The van der Waals surface area contributed by atoms with Crippen LogP contribution in [0.5, 0.6) is 5.75 Å². The van der Waals surface area contributed by atoms with Crippen LogP contribution < -0.4 is 24.6 Å². The van der Waals surface area contributed by atoms with Crippen molar-refractivity contribution in [2.75, 3.05) is 55.3 Å². The summed E-state index contributed by atoms with van der Waals surface area (Å²) in [6, 6.07) is 11.8. The van der Waals surface area contributed by atoms with Gasteiger partial charge in [0.2, 0.25) is 5.91 Å². The number of nitrogens with zero attached hydrogens (tertiary/aromatic N) is 1. The predicted octanol–water partition coefficient (Wildman–Crippen LogP) is 0.789. The normalized spacial score (nSPS) is 15.1. The van der Waals surface area contributed by atoms with Crippen LogP contribution in [0.2, 0.25) is 0 Å². The van der Waals surface area contributed by atoms with E-state index in [1.165, 1.54) is 37.1 Å². The molecule has 2 aromatic carbocycles. The first-order valence-electron chi connectivity index (χ1n) is 9.44. The molecule has 156 valence electrons. The molecule has 1 fully saturated rings. The summed E-state index contributed by atoms with van der Waals surface area (Å²) in [4.78, 5) is 15.1. The summed E-state index contributed by atoms with van der Waals surface area (Å²) in [5.74, 6) is 0.0767. The van der Waals surface area contributed by atoms with Gasteiger partial charge in [0.25, 0.3) is 10.0 Å². The van der Waals surface area contributed by atoms with Crippen LogP contribution in [-0.4, -0.2) is 54.7 Å². The number of hydrogen-bond donors (Lipinski definition) is 3. The molecule has 0 unspecified atom stereocenters. The number of anilines is 3. The van der Waals surface area contributed by atoms with Gasteiger partial charge >= 0.3 is 0 Å². The Labute approximate surface area is 171 Å². The molecular formula is C20H27N4O4S+. The summed E-state index contributed by atoms with van der Waals surface area (Å²) in [6.07, 6.45) is 0. The summed E-state index contributed by atoms with van der Waals surface area (Å²) in [5.41, 5.74) is 1.70. The number of amides is 1. The largest absolute Gasteiger partial charge is 0.495 e. The highest BCUT2D eigenvalue weighted by Crippen LogP contribution is 2.31. The van der Waals surface area contributed by atoms with Gasteiger partial charge in [-0.3, -0.25) is 9.52 Å². The number of ether oxygens (including phenoxy) is 1. The lowest BCUT2D eigenvalue weighted by molar-refractivity contribution is -0.880. The third-order valence-electron chi connectivity index (χ3n) is 4.90. The van der Waals surface area contributed by atoms with E-state index in [1.54, 1.807) is 12.1 Å². The lowest BCUT2D eigenvalue weighted by atomic mass is 10.2. The number of quaternary nitrogens is 1. The molecule has 0 spiro atoms. The van der Waals surface area contributed by atoms with Crippen molar-refractivity contribution in [1.82, 2.24) is 0 Å². The van der Waals surface area contributed by atoms with Crippen LogP contribution in [0.15, 0.2) is 47.4 Å². The molecule has 0 saturated carbocycles. The van der Waals surface area contributed by atoms with E-state index < -0.39 is 10.0 Å². The number of piperazine rings is 1. The first kappa shape index (κ1) is 20.9. The molecule has 1 amide bonds. The number of rotatable bonds is 6. The highest BCUT2D eigenvalue weighted by Gasteiger charge is 2.23. The maximum atomic E-state index is 13.0. The van der Waals surface area contributed by atoms with E-state index in [4.69, 9.17) is 4.74 Å². The Hall–Kier alpha value is -2.78. The minimum absolute atomic E-state index is 0.0414.